The van der Waals surface area contributed by atoms with Gasteiger partial charge in [-0.1, -0.05) is 30.3 Å². The van der Waals surface area contributed by atoms with Gasteiger partial charge >= 0.3 is 5.97 Å². The second-order valence-electron chi connectivity index (χ2n) is 9.04. The maximum Gasteiger partial charge on any atom is 0.341 e. The third-order valence-electron chi connectivity index (χ3n) is 6.66. The highest BCUT2D eigenvalue weighted by Gasteiger charge is 2.34. The van der Waals surface area contributed by atoms with Crippen molar-refractivity contribution in [3.63, 3.8) is 0 Å². The Morgan fingerprint density at radius 1 is 0.875 bits per heavy atom. The lowest BCUT2D eigenvalue weighted by Gasteiger charge is -2.38. The molecular formula is C32H30N2O6. The largest absolute Gasteiger partial charge is 0.497 e. The number of anilines is 2. The third-order valence-corrected chi connectivity index (χ3v) is 6.66. The first-order chi connectivity index (χ1) is 19.5. The number of nitrogens with one attached hydrogen (secondary N) is 1. The molecule has 1 N–H and O–H groups in total. The maximum atomic E-state index is 13.8. The highest BCUT2D eigenvalue weighted by Crippen LogP contribution is 2.38. The van der Waals surface area contributed by atoms with Gasteiger partial charge in [0, 0.05) is 16.9 Å². The van der Waals surface area contributed by atoms with Crippen LogP contribution < -0.4 is 24.4 Å². The highest BCUT2D eigenvalue weighted by atomic mass is 16.5. The minimum Gasteiger partial charge on any atom is -0.497 e. The van der Waals surface area contributed by atoms with Crippen molar-refractivity contribution in [2.75, 3.05) is 31.0 Å². The number of carbonyl (C=O) groups excluding carboxylic acids is 2. The summed E-state index contributed by atoms with van der Waals surface area (Å²) in [5.41, 5.74) is 3.98. The van der Waals surface area contributed by atoms with Crippen LogP contribution in [0.5, 0.6) is 17.2 Å². The zero-order valence-corrected chi connectivity index (χ0v) is 22.5. The summed E-state index contributed by atoms with van der Waals surface area (Å²) in [6.45, 7) is 2.16. The fourth-order valence-electron chi connectivity index (χ4n) is 4.70. The lowest BCUT2D eigenvalue weighted by molar-refractivity contribution is 0.0521. The molecule has 8 nitrogen and oxygen atoms in total. The Balaban J connectivity index is 1.50. The van der Waals surface area contributed by atoms with Crippen molar-refractivity contribution in [1.82, 2.24) is 0 Å². The minimum absolute atomic E-state index is 0.124. The fraction of sp³-hybridized carbons (Fsp3) is 0.188. The molecule has 8 heteroatoms. The van der Waals surface area contributed by atoms with Gasteiger partial charge in [-0.3, -0.25) is 9.69 Å². The number of esters is 1. The molecule has 0 bridgehead atoms. The van der Waals surface area contributed by atoms with Gasteiger partial charge in [0.2, 0.25) is 0 Å². The second-order valence-corrected chi connectivity index (χ2v) is 9.04. The Bertz CT molecular complexity index is 1520. The summed E-state index contributed by atoms with van der Waals surface area (Å²) < 4.78 is 22.2. The number of rotatable bonds is 9. The maximum absolute atomic E-state index is 13.8. The number of benzene rings is 4. The standard InChI is InChI=1S/C32H30N2O6/c1-4-39-32(36)26-10-6-8-12-29(26)40-20-22-19-21(13-18-28(22)38-3)30-33-27-11-7-5-9-25(27)31(35)34(30)23-14-16-24(37-2)17-15-23/h5-19,30,33H,4,20H2,1-3H3/t30-/m1/s1. The zero-order chi connectivity index (χ0) is 28.1. The first-order valence-electron chi connectivity index (χ1n) is 12.9. The van der Waals surface area contributed by atoms with Crippen LogP contribution in [0.3, 0.4) is 0 Å². The minimum atomic E-state index is -0.507. The number of carbonyl (C=O) groups is 2. The van der Waals surface area contributed by atoms with E-state index in [0.717, 1.165) is 22.5 Å². The molecule has 1 aliphatic rings. The van der Waals surface area contributed by atoms with Crippen LogP contribution in [0.2, 0.25) is 0 Å². The average Bonchev–Trinajstić information content (AvgIpc) is 3.00. The molecule has 0 fully saturated rings. The molecule has 0 radical (unpaired) electrons. The summed E-state index contributed by atoms with van der Waals surface area (Å²) >= 11 is 0. The SMILES string of the molecule is CCOC(=O)c1ccccc1OCc1cc([C@@H]2Nc3ccccc3C(=O)N2c2ccc(OC)cc2)ccc1OC. The summed E-state index contributed by atoms with van der Waals surface area (Å²) in [5, 5.41) is 3.53. The first kappa shape index (κ1) is 26.6. The van der Waals surface area contributed by atoms with Crippen molar-refractivity contribution in [1.29, 1.82) is 0 Å². The van der Waals surface area contributed by atoms with Gasteiger partial charge in [-0.2, -0.15) is 0 Å². The van der Waals surface area contributed by atoms with Gasteiger partial charge in [-0.05, 0) is 73.2 Å². The summed E-state index contributed by atoms with van der Waals surface area (Å²) in [6, 6.07) is 27.5. The van der Waals surface area contributed by atoms with Crippen LogP contribution in [0.4, 0.5) is 11.4 Å². The Kier molecular flexibility index (Phi) is 7.87. The Labute approximate surface area is 233 Å². The fourth-order valence-corrected chi connectivity index (χ4v) is 4.70. The number of ether oxygens (including phenoxy) is 4. The summed E-state index contributed by atoms with van der Waals surface area (Å²) in [6.07, 6.45) is -0.507. The van der Waals surface area contributed by atoms with Gasteiger partial charge in [0.15, 0.2) is 0 Å². The number of methoxy groups -OCH3 is 2. The van der Waals surface area contributed by atoms with Crippen LogP contribution in [0.1, 0.15) is 44.9 Å². The number of fused-ring (bicyclic) bond motifs is 1. The Hall–Kier alpha value is -4.98. The number of nitrogens with zero attached hydrogens (tertiary/aromatic N) is 1. The topological polar surface area (TPSA) is 86.3 Å². The lowest BCUT2D eigenvalue weighted by atomic mass is 10.0. The van der Waals surface area contributed by atoms with E-state index in [9.17, 15) is 9.59 Å². The molecular weight excluding hydrogens is 508 g/mol. The smallest absolute Gasteiger partial charge is 0.341 e. The number of para-hydroxylation sites is 2. The molecule has 0 unspecified atom stereocenters. The van der Waals surface area contributed by atoms with Crippen molar-refractivity contribution in [2.45, 2.75) is 19.7 Å². The molecule has 1 aliphatic heterocycles. The predicted molar refractivity (Wildman–Crippen MR) is 152 cm³/mol. The van der Waals surface area contributed by atoms with Gasteiger partial charge < -0.3 is 24.3 Å². The third kappa shape index (κ3) is 5.29. The van der Waals surface area contributed by atoms with Gasteiger partial charge in [0.25, 0.3) is 5.91 Å². The zero-order valence-electron chi connectivity index (χ0n) is 22.5. The number of hydrogen-bond acceptors (Lipinski definition) is 7. The van der Waals surface area contributed by atoms with Crippen LogP contribution in [0.25, 0.3) is 0 Å². The molecule has 0 aliphatic carbocycles. The monoisotopic (exact) mass is 538 g/mol. The molecule has 1 atom stereocenters. The van der Waals surface area contributed by atoms with E-state index in [1.807, 2.05) is 66.7 Å². The van der Waals surface area contributed by atoms with E-state index in [0.29, 0.717) is 28.4 Å². The first-order valence-corrected chi connectivity index (χ1v) is 12.9. The molecule has 0 saturated heterocycles. The molecule has 0 spiro atoms. The van der Waals surface area contributed by atoms with Crippen LogP contribution in [-0.2, 0) is 11.3 Å². The molecule has 5 rings (SSSR count). The van der Waals surface area contributed by atoms with Gasteiger partial charge in [-0.25, -0.2) is 4.79 Å². The molecule has 204 valence electrons. The summed E-state index contributed by atoms with van der Waals surface area (Å²) in [7, 11) is 3.20. The molecule has 40 heavy (non-hydrogen) atoms. The predicted octanol–water partition coefficient (Wildman–Crippen LogP) is 6.23. The van der Waals surface area contributed by atoms with E-state index in [-0.39, 0.29) is 19.1 Å². The van der Waals surface area contributed by atoms with E-state index in [1.54, 1.807) is 50.3 Å². The van der Waals surface area contributed by atoms with E-state index in [1.165, 1.54) is 0 Å². The number of amides is 1. The van der Waals surface area contributed by atoms with Crippen molar-refractivity contribution < 1.29 is 28.5 Å². The molecule has 1 heterocycles. The van der Waals surface area contributed by atoms with Crippen molar-refractivity contribution in [3.05, 3.63) is 113 Å². The van der Waals surface area contributed by atoms with Gasteiger partial charge in [-0.15, -0.1) is 0 Å². The number of hydrogen-bond donors (Lipinski definition) is 1. The van der Waals surface area contributed by atoms with E-state index >= 15 is 0 Å². The van der Waals surface area contributed by atoms with Crippen LogP contribution >= 0.6 is 0 Å². The molecule has 1 amide bonds. The van der Waals surface area contributed by atoms with Crippen molar-refractivity contribution >= 4 is 23.3 Å². The van der Waals surface area contributed by atoms with Gasteiger partial charge in [0.1, 0.15) is 35.6 Å². The van der Waals surface area contributed by atoms with Crippen LogP contribution in [0, 0.1) is 0 Å². The van der Waals surface area contributed by atoms with Crippen molar-refractivity contribution in [2.24, 2.45) is 0 Å². The average molecular weight is 539 g/mol. The normalized spacial score (nSPS) is 14.1. The highest BCUT2D eigenvalue weighted by molar-refractivity contribution is 6.12. The Morgan fingerprint density at radius 3 is 2.38 bits per heavy atom. The van der Waals surface area contributed by atoms with E-state index < -0.39 is 12.1 Å². The lowest BCUT2D eigenvalue weighted by Crippen LogP contribution is -2.43. The van der Waals surface area contributed by atoms with Gasteiger partial charge in [0.05, 0.1) is 26.4 Å². The van der Waals surface area contributed by atoms with Crippen molar-refractivity contribution in [3.8, 4) is 17.2 Å². The quantitative estimate of drug-likeness (QED) is 0.253. The Morgan fingerprint density at radius 2 is 1.62 bits per heavy atom. The molecule has 0 saturated carbocycles. The van der Waals surface area contributed by atoms with Crippen LogP contribution in [0.15, 0.2) is 91.0 Å². The summed E-state index contributed by atoms with van der Waals surface area (Å²) in [5.74, 6) is 1.16. The molecule has 4 aromatic carbocycles. The molecule has 0 aromatic heterocycles. The van der Waals surface area contributed by atoms with E-state index in [4.69, 9.17) is 18.9 Å². The van der Waals surface area contributed by atoms with Crippen LogP contribution in [-0.4, -0.2) is 32.7 Å². The van der Waals surface area contributed by atoms with E-state index in [2.05, 4.69) is 5.32 Å². The summed E-state index contributed by atoms with van der Waals surface area (Å²) in [4.78, 5) is 27.9. The molecule has 4 aromatic rings. The second kappa shape index (κ2) is 11.8.